The monoisotopic (exact) mass is 308 g/mol. The second kappa shape index (κ2) is 4.79. The molecule has 0 amide bonds. The van der Waals surface area contributed by atoms with Gasteiger partial charge in [-0.2, -0.15) is 0 Å². The summed E-state index contributed by atoms with van der Waals surface area (Å²) in [6.45, 7) is 2.14. The maximum Gasteiger partial charge on any atom is 0.0165 e. The summed E-state index contributed by atoms with van der Waals surface area (Å²) >= 11 is 2.40. The van der Waals surface area contributed by atoms with Crippen LogP contribution < -0.4 is 0 Å². The number of halogens is 1. The number of rotatable bonds is 2. The summed E-state index contributed by atoms with van der Waals surface area (Å²) < 4.78 is 1.34. The van der Waals surface area contributed by atoms with Gasteiger partial charge in [-0.3, -0.25) is 0 Å². The first kappa shape index (κ1) is 10.7. The highest BCUT2D eigenvalue weighted by molar-refractivity contribution is 14.1. The molecule has 76 valence electrons. The average molecular weight is 308 g/mol. The minimum Gasteiger partial charge on any atom is -0.0619 e. The Bertz CT molecular complexity index is 460. The first-order valence-corrected chi connectivity index (χ1v) is 6.12. The van der Waals surface area contributed by atoms with E-state index < -0.39 is 0 Å². The van der Waals surface area contributed by atoms with Crippen molar-refractivity contribution in [3.63, 3.8) is 0 Å². The Morgan fingerprint density at radius 2 is 1.80 bits per heavy atom. The maximum atomic E-state index is 2.40. The lowest BCUT2D eigenvalue weighted by Crippen LogP contribution is -1.91. The zero-order valence-electron chi connectivity index (χ0n) is 8.70. The molecule has 0 aliphatic carbocycles. The lowest BCUT2D eigenvalue weighted by Gasteiger charge is -2.05. The lowest BCUT2D eigenvalue weighted by molar-refractivity contribution is 1.17. The van der Waals surface area contributed by atoms with Crippen LogP contribution in [0.5, 0.6) is 0 Å². The van der Waals surface area contributed by atoms with E-state index in [2.05, 4.69) is 78.0 Å². The fraction of sp³-hybridized carbons (Fsp3) is 0.143. The molecular formula is C14H13I. The van der Waals surface area contributed by atoms with E-state index in [-0.39, 0.29) is 0 Å². The summed E-state index contributed by atoms with van der Waals surface area (Å²) in [7, 11) is 0. The van der Waals surface area contributed by atoms with Crippen LogP contribution in [0, 0.1) is 10.5 Å². The fourth-order valence-corrected chi connectivity index (χ4v) is 2.26. The van der Waals surface area contributed by atoms with Crippen LogP contribution in [0.15, 0.2) is 48.5 Å². The van der Waals surface area contributed by atoms with Crippen molar-refractivity contribution in [1.29, 1.82) is 0 Å². The van der Waals surface area contributed by atoms with Crippen LogP contribution in [0.3, 0.4) is 0 Å². The summed E-state index contributed by atoms with van der Waals surface area (Å²) in [4.78, 5) is 0. The Morgan fingerprint density at radius 1 is 1.00 bits per heavy atom. The van der Waals surface area contributed by atoms with Crippen LogP contribution in [0.25, 0.3) is 0 Å². The van der Waals surface area contributed by atoms with E-state index in [1.165, 1.54) is 20.3 Å². The smallest absolute Gasteiger partial charge is 0.0165 e. The van der Waals surface area contributed by atoms with Gasteiger partial charge in [-0.05, 0) is 53.1 Å². The molecule has 0 aromatic heterocycles. The SMILES string of the molecule is Cc1cccc(Cc2ccccc2I)c1. The molecule has 2 aromatic rings. The molecule has 0 unspecified atom stereocenters. The molecule has 2 aromatic carbocycles. The molecule has 0 atom stereocenters. The zero-order chi connectivity index (χ0) is 10.7. The Kier molecular flexibility index (Phi) is 3.41. The number of hydrogen-bond acceptors (Lipinski definition) is 0. The van der Waals surface area contributed by atoms with Crippen molar-refractivity contribution in [3.05, 3.63) is 68.8 Å². The largest absolute Gasteiger partial charge is 0.0619 e. The summed E-state index contributed by atoms with van der Waals surface area (Å²) in [5, 5.41) is 0. The molecule has 0 nitrogen and oxygen atoms in total. The molecule has 2 rings (SSSR count). The van der Waals surface area contributed by atoms with Crippen LogP contribution in [0.2, 0.25) is 0 Å². The molecule has 0 saturated heterocycles. The van der Waals surface area contributed by atoms with Crippen LogP contribution >= 0.6 is 22.6 Å². The maximum absolute atomic E-state index is 2.40. The van der Waals surface area contributed by atoms with E-state index in [0.29, 0.717) is 0 Å². The third-order valence-electron chi connectivity index (χ3n) is 2.43. The van der Waals surface area contributed by atoms with Crippen molar-refractivity contribution in [2.75, 3.05) is 0 Å². The Balaban J connectivity index is 2.26. The molecule has 0 bridgehead atoms. The standard InChI is InChI=1S/C14H13I/c1-11-5-4-6-12(9-11)10-13-7-2-3-8-14(13)15/h2-9H,10H2,1H3. The highest BCUT2D eigenvalue weighted by Gasteiger charge is 1.99. The summed E-state index contributed by atoms with van der Waals surface area (Å²) in [6, 6.07) is 17.3. The number of aryl methyl sites for hydroxylation is 1. The van der Waals surface area contributed by atoms with E-state index in [9.17, 15) is 0 Å². The van der Waals surface area contributed by atoms with E-state index in [4.69, 9.17) is 0 Å². The van der Waals surface area contributed by atoms with Crippen LogP contribution in [0.4, 0.5) is 0 Å². The first-order valence-electron chi connectivity index (χ1n) is 5.04. The third-order valence-corrected chi connectivity index (χ3v) is 3.49. The first-order chi connectivity index (χ1) is 7.25. The van der Waals surface area contributed by atoms with Crippen molar-refractivity contribution < 1.29 is 0 Å². The van der Waals surface area contributed by atoms with Gasteiger partial charge in [-0.1, -0.05) is 48.0 Å². The highest BCUT2D eigenvalue weighted by atomic mass is 127. The molecule has 0 N–H and O–H groups in total. The van der Waals surface area contributed by atoms with Gasteiger partial charge in [-0.25, -0.2) is 0 Å². The van der Waals surface area contributed by atoms with Crippen LogP contribution in [-0.4, -0.2) is 0 Å². The molecule has 15 heavy (non-hydrogen) atoms. The van der Waals surface area contributed by atoms with Crippen molar-refractivity contribution >= 4 is 22.6 Å². The van der Waals surface area contributed by atoms with E-state index >= 15 is 0 Å². The molecular weight excluding hydrogens is 295 g/mol. The van der Waals surface area contributed by atoms with Gasteiger partial charge in [0.25, 0.3) is 0 Å². The summed E-state index contributed by atoms with van der Waals surface area (Å²) in [5.74, 6) is 0. The van der Waals surface area contributed by atoms with E-state index in [1.54, 1.807) is 0 Å². The second-order valence-electron chi connectivity index (χ2n) is 3.76. The Labute approximate surface area is 104 Å². The van der Waals surface area contributed by atoms with Crippen molar-refractivity contribution in [1.82, 2.24) is 0 Å². The predicted molar refractivity (Wildman–Crippen MR) is 73.1 cm³/mol. The lowest BCUT2D eigenvalue weighted by atomic mass is 10.0. The van der Waals surface area contributed by atoms with Gasteiger partial charge in [0.2, 0.25) is 0 Å². The van der Waals surface area contributed by atoms with Gasteiger partial charge >= 0.3 is 0 Å². The Hall–Kier alpha value is -0.830. The van der Waals surface area contributed by atoms with Crippen molar-refractivity contribution in [3.8, 4) is 0 Å². The molecule has 0 heterocycles. The molecule has 0 fully saturated rings. The van der Waals surface area contributed by atoms with Gasteiger partial charge in [0.1, 0.15) is 0 Å². The summed E-state index contributed by atoms with van der Waals surface area (Å²) in [6.07, 6.45) is 1.03. The van der Waals surface area contributed by atoms with Gasteiger partial charge in [0.05, 0.1) is 0 Å². The minimum atomic E-state index is 1.03. The molecule has 1 heteroatoms. The molecule has 0 aliphatic rings. The van der Waals surface area contributed by atoms with E-state index in [1.807, 2.05) is 0 Å². The number of benzene rings is 2. The predicted octanol–water partition coefficient (Wildman–Crippen LogP) is 4.19. The third kappa shape index (κ3) is 2.81. The van der Waals surface area contributed by atoms with Gasteiger partial charge in [0, 0.05) is 3.57 Å². The minimum absolute atomic E-state index is 1.03. The molecule has 0 saturated carbocycles. The molecule has 0 spiro atoms. The van der Waals surface area contributed by atoms with Crippen LogP contribution in [0.1, 0.15) is 16.7 Å². The Morgan fingerprint density at radius 3 is 2.53 bits per heavy atom. The van der Waals surface area contributed by atoms with Gasteiger partial charge in [-0.15, -0.1) is 0 Å². The summed E-state index contributed by atoms with van der Waals surface area (Å²) in [5.41, 5.74) is 4.13. The second-order valence-corrected chi connectivity index (χ2v) is 4.92. The fourth-order valence-electron chi connectivity index (χ4n) is 1.68. The van der Waals surface area contributed by atoms with Crippen molar-refractivity contribution in [2.24, 2.45) is 0 Å². The number of hydrogen-bond donors (Lipinski definition) is 0. The quantitative estimate of drug-likeness (QED) is 0.730. The van der Waals surface area contributed by atoms with Gasteiger partial charge < -0.3 is 0 Å². The average Bonchev–Trinajstić information content (AvgIpc) is 2.22. The molecule has 0 aliphatic heterocycles. The highest BCUT2D eigenvalue weighted by Crippen LogP contribution is 2.16. The topological polar surface area (TPSA) is 0 Å². The van der Waals surface area contributed by atoms with E-state index in [0.717, 1.165) is 6.42 Å². The molecule has 0 radical (unpaired) electrons. The van der Waals surface area contributed by atoms with Crippen LogP contribution in [-0.2, 0) is 6.42 Å². The zero-order valence-corrected chi connectivity index (χ0v) is 10.9. The van der Waals surface area contributed by atoms with Crippen molar-refractivity contribution in [2.45, 2.75) is 13.3 Å². The normalized spacial score (nSPS) is 10.3. The van der Waals surface area contributed by atoms with Gasteiger partial charge in [0.15, 0.2) is 0 Å².